The Bertz CT molecular complexity index is 420. The van der Waals surface area contributed by atoms with Gasteiger partial charge in [-0.1, -0.05) is 31.5 Å². The molecule has 1 amide bonds. The highest BCUT2D eigenvalue weighted by Gasteiger charge is 2.09. The lowest BCUT2D eigenvalue weighted by molar-refractivity contribution is -0.123. The van der Waals surface area contributed by atoms with Gasteiger partial charge in [0.1, 0.15) is 5.75 Å². The van der Waals surface area contributed by atoms with Crippen molar-refractivity contribution in [3.63, 3.8) is 0 Å². The molecule has 0 unspecified atom stereocenters. The minimum atomic E-state index is -0.118. The second kappa shape index (κ2) is 8.02. The molecule has 106 valence electrons. The Kier molecular flexibility index (Phi) is 6.67. The maximum atomic E-state index is 11.7. The van der Waals surface area contributed by atoms with Gasteiger partial charge in [-0.25, -0.2) is 0 Å². The summed E-state index contributed by atoms with van der Waals surface area (Å²) < 4.78 is 5.40. The standard InChI is InChI=1S/C14H21ClN2O2/c1-3-11(4-2)17-14(18)9-19-12-6-5-10(8-16)13(15)7-12/h5-7,11H,3-4,8-9,16H2,1-2H3,(H,17,18). The lowest BCUT2D eigenvalue weighted by atomic mass is 10.2. The minimum absolute atomic E-state index is 0.00516. The first kappa shape index (κ1) is 15.8. The fourth-order valence-corrected chi connectivity index (χ4v) is 1.94. The topological polar surface area (TPSA) is 64.3 Å². The van der Waals surface area contributed by atoms with E-state index in [0.717, 1.165) is 18.4 Å². The van der Waals surface area contributed by atoms with E-state index in [9.17, 15) is 4.79 Å². The van der Waals surface area contributed by atoms with Crippen LogP contribution in [0.4, 0.5) is 0 Å². The molecule has 0 spiro atoms. The third-order valence-electron chi connectivity index (χ3n) is 2.97. The average Bonchev–Trinajstić information content (AvgIpc) is 2.42. The number of amides is 1. The number of rotatable bonds is 7. The Balaban J connectivity index is 2.48. The van der Waals surface area contributed by atoms with Crippen LogP contribution in [0, 0.1) is 0 Å². The van der Waals surface area contributed by atoms with Gasteiger partial charge in [0.25, 0.3) is 5.91 Å². The third kappa shape index (κ3) is 5.09. The summed E-state index contributed by atoms with van der Waals surface area (Å²) in [5.74, 6) is 0.453. The molecule has 0 atom stereocenters. The molecule has 0 saturated carbocycles. The Morgan fingerprint density at radius 2 is 2.11 bits per heavy atom. The van der Waals surface area contributed by atoms with Gasteiger partial charge in [0, 0.05) is 17.6 Å². The molecule has 1 aromatic rings. The summed E-state index contributed by atoms with van der Waals surface area (Å²) in [4.78, 5) is 11.7. The number of ether oxygens (including phenoxy) is 1. The smallest absolute Gasteiger partial charge is 0.258 e. The number of nitrogens with one attached hydrogen (secondary N) is 1. The van der Waals surface area contributed by atoms with Crippen LogP contribution in [0.1, 0.15) is 32.3 Å². The number of benzene rings is 1. The Hall–Kier alpha value is -1.26. The summed E-state index contributed by atoms with van der Waals surface area (Å²) in [5, 5.41) is 3.46. The summed E-state index contributed by atoms with van der Waals surface area (Å²) in [6, 6.07) is 5.45. The quantitative estimate of drug-likeness (QED) is 0.808. The zero-order valence-corrected chi connectivity index (χ0v) is 12.2. The Morgan fingerprint density at radius 1 is 1.42 bits per heavy atom. The summed E-state index contributed by atoms with van der Waals surface area (Å²) in [6.07, 6.45) is 1.83. The van der Waals surface area contributed by atoms with Crippen molar-refractivity contribution >= 4 is 17.5 Å². The van der Waals surface area contributed by atoms with Gasteiger partial charge in [0.2, 0.25) is 0 Å². The van der Waals surface area contributed by atoms with E-state index in [-0.39, 0.29) is 18.6 Å². The van der Waals surface area contributed by atoms with E-state index in [1.165, 1.54) is 0 Å². The van der Waals surface area contributed by atoms with Crippen molar-refractivity contribution in [2.24, 2.45) is 5.73 Å². The van der Waals surface area contributed by atoms with E-state index in [1.807, 2.05) is 13.8 Å². The molecule has 0 saturated heterocycles. The van der Waals surface area contributed by atoms with Gasteiger partial charge in [0.05, 0.1) is 0 Å². The first-order valence-electron chi connectivity index (χ1n) is 6.51. The van der Waals surface area contributed by atoms with E-state index in [0.29, 0.717) is 17.3 Å². The molecule has 0 bridgehead atoms. The van der Waals surface area contributed by atoms with E-state index < -0.39 is 0 Å². The second-order valence-electron chi connectivity index (χ2n) is 4.33. The van der Waals surface area contributed by atoms with E-state index in [1.54, 1.807) is 18.2 Å². The summed E-state index contributed by atoms with van der Waals surface area (Å²) in [5.41, 5.74) is 6.38. The first-order chi connectivity index (χ1) is 9.10. The van der Waals surface area contributed by atoms with Crippen molar-refractivity contribution < 1.29 is 9.53 Å². The molecule has 0 aromatic heterocycles. The molecular weight excluding hydrogens is 264 g/mol. The lowest BCUT2D eigenvalue weighted by Crippen LogP contribution is -2.37. The van der Waals surface area contributed by atoms with Gasteiger partial charge in [-0.15, -0.1) is 0 Å². The normalized spacial score (nSPS) is 10.6. The average molecular weight is 285 g/mol. The predicted molar refractivity (Wildman–Crippen MR) is 77.4 cm³/mol. The van der Waals surface area contributed by atoms with E-state index in [2.05, 4.69) is 5.32 Å². The van der Waals surface area contributed by atoms with Gasteiger partial charge >= 0.3 is 0 Å². The molecule has 1 rings (SSSR count). The van der Waals surface area contributed by atoms with Crippen LogP contribution in [-0.4, -0.2) is 18.6 Å². The number of hydrogen-bond donors (Lipinski definition) is 2. The molecular formula is C14H21ClN2O2. The van der Waals surface area contributed by atoms with Crippen molar-refractivity contribution in [2.75, 3.05) is 6.61 Å². The number of halogens is 1. The van der Waals surface area contributed by atoms with Crippen LogP contribution in [0.3, 0.4) is 0 Å². The fraction of sp³-hybridized carbons (Fsp3) is 0.500. The van der Waals surface area contributed by atoms with Crippen molar-refractivity contribution in [1.29, 1.82) is 0 Å². The zero-order chi connectivity index (χ0) is 14.3. The number of hydrogen-bond acceptors (Lipinski definition) is 3. The van der Waals surface area contributed by atoms with Gasteiger partial charge in [0.15, 0.2) is 6.61 Å². The summed E-state index contributed by atoms with van der Waals surface area (Å²) >= 11 is 6.01. The molecule has 0 heterocycles. The highest BCUT2D eigenvalue weighted by atomic mass is 35.5. The molecule has 0 aliphatic carbocycles. The molecule has 0 fully saturated rings. The van der Waals surface area contributed by atoms with Gasteiger partial charge in [-0.2, -0.15) is 0 Å². The molecule has 0 aliphatic heterocycles. The number of carbonyl (C=O) groups excluding carboxylic acids is 1. The van der Waals surface area contributed by atoms with Crippen LogP contribution >= 0.6 is 11.6 Å². The zero-order valence-electron chi connectivity index (χ0n) is 11.4. The van der Waals surface area contributed by atoms with Crippen molar-refractivity contribution in [3.8, 4) is 5.75 Å². The van der Waals surface area contributed by atoms with Crippen molar-refractivity contribution in [3.05, 3.63) is 28.8 Å². The van der Waals surface area contributed by atoms with Crippen LogP contribution in [0.15, 0.2) is 18.2 Å². The van der Waals surface area contributed by atoms with Crippen molar-refractivity contribution in [1.82, 2.24) is 5.32 Å². The Labute approximate surface area is 119 Å². The first-order valence-corrected chi connectivity index (χ1v) is 6.89. The van der Waals surface area contributed by atoms with Crippen molar-refractivity contribution in [2.45, 2.75) is 39.3 Å². The minimum Gasteiger partial charge on any atom is -0.484 e. The van der Waals surface area contributed by atoms with Gasteiger partial charge in [-0.05, 0) is 30.5 Å². The molecule has 0 aliphatic rings. The predicted octanol–water partition coefficient (Wildman–Crippen LogP) is 2.48. The van der Waals surface area contributed by atoms with Crippen LogP contribution < -0.4 is 15.8 Å². The van der Waals surface area contributed by atoms with Gasteiger partial charge < -0.3 is 15.8 Å². The highest BCUT2D eigenvalue weighted by Crippen LogP contribution is 2.22. The molecule has 4 nitrogen and oxygen atoms in total. The summed E-state index contributed by atoms with van der Waals surface area (Å²) in [7, 11) is 0. The maximum absolute atomic E-state index is 11.7. The highest BCUT2D eigenvalue weighted by molar-refractivity contribution is 6.31. The monoisotopic (exact) mass is 284 g/mol. The van der Waals surface area contributed by atoms with Gasteiger partial charge in [-0.3, -0.25) is 4.79 Å². The largest absolute Gasteiger partial charge is 0.484 e. The van der Waals surface area contributed by atoms with E-state index in [4.69, 9.17) is 22.1 Å². The van der Waals surface area contributed by atoms with Crippen LogP contribution in [0.25, 0.3) is 0 Å². The second-order valence-corrected chi connectivity index (χ2v) is 4.73. The number of nitrogens with two attached hydrogens (primary N) is 1. The third-order valence-corrected chi connectivity index (χ3v) is 3.32. The molecule has 19 heavy (non-hydrogen) atoms. The van der Waals surface area contributed by atoms with Crippen LogP contribution in [0.2, 0.25) is 5.02 Å². The molecule has 1 aromatic carbocycles. The maximum Gasteiger partial charge on any atom is 0.258 e. The lowest BCUT2D eigenvalue weighted by Gasteiger charge is -2.15. The fourth-order valence-electron chi connectivity index (χ4n) is 1.69. The molecule has 0 radical (unpaired) electrons. The molecule has 5 heteroatoms. The number of carbonyl (C=O) groups is 1. The van der Waals surface area contributed by atoms with Crippen LogP contribution in [0.5, 0.6) is 5.75 Å². The van der Waals surface area contributed by atoms with Crippen LogP contribution in [-0.2, 0) is 11.3 Å². The molecule has 3 N–H and O–H groups in total. The SMILES string of the molecule is CCC(CC)NC(=O)COc1ccc(CN)c(Cl)c1. The summed E-state index contributed by atoms with van der Waals surface area (Å²) in [6.45, 7) is 4.46. The van der Waals surface area contributed by atoms with E-state index >= 15 is 0 Å². The Morgan fingerprint density at radius 3 is 2.63 bits per heavy atom.